The molecule has 18 heavy (non-hydrogen) atoms. The van der Waals surface area contributed by atoms with Gasteiger partial charge in [0, 0.05) is 17.6 Å². The number of halogens is 2. The smallest absolute Gasteiger partial charge is 0.387 e. The molecule has 1 aliphatic rings. The van der Waals surface area contributed by atoms with Gasteiger partial charge in [-0.05, 0) is 38.7 Å². The van der Waals surface area contributed by atoms with Gasteiger partial charge in [-0.3, -0.25) is 0 Å². The Morgan fingerprint density at radius 3 is 2.61 bits per heavy atom. The summed E-state index contributed by atoms with van der Waals surface area (Å²) in [6.45, 7) is 2.08. The third kappa shape index (κ3) is 3.42. The number of ether oxygens (including phenoxy) is 1. The Morgan fingerprint density at radius 2 is 2.00 bits per heavy atom. The summed E-state index contributed by atoms with van der Waals surface area (Å²) in [5.41, 5.74) is 0.823. The lowest BCUT2D eigenvalue weighted by atomic mass is 9.98. The van der Waals surface area contributed by atoms with E-state index in [4.69, 9.17) is 0 Å². The Balaban J connectivity index is 1.99. The van der Waals surface area contributed by atoms with Crippen molar-refractivity contribution in [2.24, 2.45) is 5.92 Å². The highest BCUT2D eigenvalue weighted by Crippen LogP contribution is 2.39. The zero-order valence-corrected chi connectivity index (χ0v) is 10.7. The maximum Gasteiger partial charge on any atom is 0.387 e. The Bertz CT molecular complexity index is 403. The molecule has 1 aromatic carbocycles. The number of alkyl halides is 2. The van der Waals surface area contributed by atoms with Crippen LogP contribution in [0.3, 0.4) is 0 Å². The van der Waals surface area contributed by atoms with Crippen LogP contribution in [0.5, 0.6) is 5.75 Å². The van der Waals surface area contributed by atoms with Gasteiger partial charge in [0.25, 0.3) is 0 Å². The minimum atomic E-state index is -2.78. The van der Waals surface area contributed by atoms with E-state index in [0.29, 0.717) is 12.5 Å². The molecule has 2 rings (SSSR count). The van der Waals surface area contributed by atoms with Gasteiger partial charge in [-0.25, -0.2) is 0 Å². The topological polar surface area (TPSA) is 21.3 Å². The van der Waals surface area contributed by atoms with Crippen LogP contribution in [0.15, 0.2) is 24.3 Å². The van der Waals surface area contributed by atoms with Crippen LogP contribution in [-0.2, 0) is 6.54 Å². The molecule has 1 fully saturated rings. The highest BCUT2D eigenvalue weighted by molar-refractivity contribution is 5.33. The van der Waals surface area contributed by atoms with E-state index in [-0.39, 0.29) is 11.3 Å². The van der Waals surface area contributed by atoms with E-state index in [1.807, 2.05) is 12.1 Å². The van der Waals surface area contributed by atoms with Crippen molar-refractivity contribution in [2.75, 3.05) is 0 Å². The summed E-state index contributed by atoms with van der Waals surface area (Å²) in [4.78, 5) is 0. The summed E-state index contributed by atoms with van der Waals surface area (Å²) in [5, 5.41) is 3.43. The van der Waals surface area contributed by atoms with Gasteiger partial charge in [0.2, 0.25) is 0 Å². The minimum absolute atomic E-state index is 0.0535. The van der Waals surface area contributed by atoms with Crippen LogP contribution in [0, 0.1) is 5.92 Å². The van der Waals surface area contributed by atoms with Gasteiger partial charge in [0.05, 0.1) is 0 Å². The van der Waals surface area contributed by atoms with Crippen molar-refractivity contribution in [3.8, 4) is 5.75 Å². The monoisotopic (exact) mass is 255 g/mol. The van der Waals surface area contributed by atoms with E-state index < -0.39 is 6.61 Å². The van der Waals surface area contributed by atoms with E-state index in [9.17, 15) is 8.78 Å². The van der Waals surface area contributed by atoms with Crippen LogP contribution >= 0.6 is 0 Å². The number of hydrogen-bond donors (Lipinski definition) is 1. The van der Waals surface area contributed by atoms with Gasteiger partial charge in [-0.1, -0.05) is 18.2 Å². The molecule has 0 atom stereocenters. The molecule has 0 aliphatic heterocycles. The molecule has 0 bridgehead atoms. The maximum absolute atomic E-state index is 12.3. The molecular formula is C14H19F2NO. The fourth-order valence-electron chi connectivity index (χ4n) is 2.13. The van der Waals surface area contributed by atoms with Crippen LogP contribution in [0.4, 0.5) is 8.78 Å². The second kappa shape index (κ2) is 5.22. The summed E-state index contributed by atoms with van der Waals surface area (Å²) < 4.78 is 29.1. The first-order valence-electron chi connectivity index (χ1n) is 6.27. The largest absolute Gasteiger partial charge is 0.434 e. The fourth-order valence-corrected chi connectivity index (χ4v) is 2.13. The number of rotatable bonds is 6. The minimum Gasteiger partial charge on any atom is -0.434 e. The molecule has 1 aromatic rings. The van der Waals surface area contributed by atoms with Crippen molar-refractivity contribution in [2.45, 2.75) is 45.4 Å². The molecule has 0 unspecified atom stereocenters. The van der Waals surface area contributed by atoms with Crippen LogP contribution in [0.1, 0.15) is 32.3 Å². The number of nitrogens with one attached hydrogen (secondary N) is 1. The molecule has 1 saturated carbocycles. The number of hydrogen-bond acceptors (Lipinski definition) is 2. The lowest BCUT2D eigenvalue weighted by Gasteiger charge is -2.26. The molecule has 0 heterocycles. The van der Waals surface area contributed by atoms with Crippen molar-refractivity contribution < 1.29 is 13.5 Å². The van der Waals surface area contributed by atoms with Gasteiger partial charge < -0.3 is 10.1 Å². The van der Waals surface area contributed by atoms with Gasteiger partial charge >= 0.3 is 6.61 Å². The summed E-state index contributed by atoms with van der Waals surface area (Å²) in [7, 11) is 0. The average Bonchev–Trinajstić information content (AvgIpc) is 3.11. The molecule has 1 N–H and O–H groups in total. The third-order valence-corrected chi connectivity index (χ3v) is 3.52. The van der Waals surface area contributed by atoms with Crippen LogP contribution in [-0.4, -0.2) is 12.2 Å². The fraction of sp³-hybridized carbons (Fsp3) is 0.571. The highest BCUT2D eigenvalue weighted by atomic mass is 19.3. The Morgan fingerprint density at radius 1 is 1.33 bits per heavy atom. The molecule has 0 amide bonds. The molecule has 0 aromatic heterocycles. The molecule has 0 saturated heterocycles. The first kappa shape index (κ1) is 13.3. The van der Waals surface area contributed by atoms with Crippen LogP contribution < -0.4 is 10.1 Å². The normalized spacial score (nSPS) is 16.1. The van der Waals surface area contributed by atoms with Crippen molar-refractivity contribution in [1.82, 2.24) is 5.32 Å². The van der Waals surface area contributed by atoms with E-state index in [2.05, 4.69) is 23.9 Å². The van der Waals surface area contributed by atoms with E-state index in [0.717, 1.165) is 5.56 Å². The van der Waals surface area contributed by atoms with Gasteiger partial charge in [0.1, 0.15) is 5.75 Å². The summed E-state index contributed by atoms with van der Waals surface area (Å²) in [6.07, 6.45) is 2.49. The Hall–Kier alpha value is -1.16. The first-order chi connectivity index (χ1) is 8.49. The zero-order chi connectivity index (χ0) is 13.2. The summed E-state index contributed by atoms with van der Waals surface area (Å²) in [5.74, 6) is 0.951. The standard InChI is InChI=1S/C14H19F2NO/c1-14(2,11-7-8-11)17-9-10-5-3-4-6-12(10)18-13(15)16/h3-6,11,13,17H,7-9H2,1-2H3. The Labute approximate surface area is 106 Å². The second-order valence-electron chi connectivity index (χ2n) is 5.34. The highest BCUT2D eigenvalue weighted by Gasteiger charge is 2.37. The van der Waals surface area contributed by atoms with Crippen molar-refractivity contribution in [3.63, 3.8) is 0 Å². The molecule has 0 spiro atoms. The van der Waals surface area contributed by atoms with Crippen LogP contribution in [0.25, 0.3) is 0 Å². The first-order valence-corrected chi connectivity index (χ1v) is 6.27. The maximum atomic E-state index is 12.3. The summed E-state index contributed by atoms with van der Waals surface area (Å²) in [6, 6.07) is 6.92. The third-order valence-electron chi connectivity index (χ3n) is 3.52. The molecule has 1 aliphatic carbocycles. The average molecular weight is 255 g/mol. The summed E-state index contributed by atoms with van der Waals surface area (Å²) >= 11 is 0. The SMILES string of the molecule is CC(C)(NCc1ccccc1OC(F)F)C1CC1. The zero-order valence-electron chi connectivity index (χ0n) is 10.7. The lowest BCUT2D eigenvalue weighted by Crippen LogP contribution is -2.40. The van der Waals surface area contributed by atoms with Gasteiger partial charge in [-0.15, -0.1) is 0 Å². The van der Waals surface area contributed by atoms with Crippen molar-refractivity contribution >= 4 is 0 Å². The number of benzene rings is 1. The quantitative estimate of drug-likeness (QED) is 0.839. The van der Waals surface area contributed by atoms with E-state index in [1.54, 1.807) is 12.1 Å². The molecule has 2 nitrogen and oxygen atoms in total. The molecule has 100 valence electrons. The number of para-hydroxylation sites is 1. The predicted octanol–water partition coefficient (Wildman–Crippen LogP) is 3.57. The Kier molecular flexibility index (Phi) is 3.85. The molecular weight excluding hydrogens is 236 g/mol. The van der Waals surface area contributed by atoms with Gasteiger partial charge in [0.15, 0.2) is 0 Å². The second-order valence-corrected chi connectivity index (χ2v) is 5.34. The van der Waals surface area contributed by atoms with Crippen molar-refractivity contribution in [3.05, 3.63) is 29.8 Å². The van der Waals surface area contributed by atoms with Crippen LogP contribution in [0.2, 0.25) is 0 Å². The lowest BCUT2D eigenvalue weighted by molar-refractivity contribution is -0.0505. The van der Waals surface area contributed by atoms with Crippen molar-refractivity contribution in [1.29, 1.82) is 0 Å². The molecule has 4 heteroatoms. The molecule has 0 radical (unpaired) electrons. The van der Waals surface area contributed by atoms with Gasteiger partial charge in [-0.2, -0.15) is 8.78 Å². The van der Waals surface area contributed by atoms with E-state index in [1.165, 1.54) is 12.8 Å². The predicted molar refractivity (Wildman–Crippen MR) is 66.7 cm³/mol. The van der Waals surface area contributed by atoms with E-state index >= 15 is 0 Å².